The molecule has 7 heteroatoms. The van der Waals surface area contributed by atoms with Gasteiger partial charge in [-0.25, -0.2) is 0 Å². The highest BCUT2D eigenvalue weighted by molar-refractivity contribution is 5.94. The number of carboxylic acids is 1. The number of aliphatic carboxylic acids is 1. The van der Waals surface area contributed by atoms with Crippen LogP contribution in [0.3, 0.4) is 0 Å². The molecule has 0 radical (unpaired) electrons. The van der Waals surface area contributed by atoms with Gasteiger partial charge in [-0.2, -0.15) is 5.26 Å². The Morgan fingerprint density at radius 1 is 0.929 bits per heavy atom. The largest absolute Gasteiger partial charge is 0.481 e. The SMILES string of the molecule is N#Cc1ccc(C(=O)N2CCC3(CCN(C(=O)CCC(=O)O)CC3)CC2)cc1. The summed E-state index contributed by atoms with van der Waals surface area (Å²) in [6.45, 7) is 2.74. The number of rotatable bonds is 4. The van der Waals surface area contributed by atoms with E-state index in [2.05, 4.69) is 6.07 Å². The standard InChI is InChI=1S/C21H25N3O4/c22-15-16-1-3-17(4-2-16)20(28)24-13-9-21(10-14-24)7-11-23(12-8-21)18(25)5-6-19(26)27/h1-4H,5-14H2,(H,26,27). The van der Waals surface area contributed by atoms with Gasteiger partial charge in [0.25, 0.3) is 5.91 Å². The number of carbonyl (C=O) groups excluding carboxylic acids is 2. The van der Waals surface area contributed by atoms with Gasteiger partial charge < -0.3 is 14.9 Å². The van der Waals surface area contributed by atoms with E-state index in [9.17, 15) is 14.4 Å². The number of nitrogens with zero attached hydrogens (tertiary/aromatic N) is 3. The molecule has 2 amide bonds. The first-order valence-corrected chi connectivity index (χ1v) is 9.71. The molecule has 0 atom stereocenters. The van der Waals surface area contributed by atoms with Gasteiger partial charge in [-0.1, -0.05) is 0 Å². The minimum atomic E-state index is -0.943. The van der Waals surface area contributed by atoms with Crippen LogP contribution in [0.5, 0.6) is 0 Å². The molecule has 1 N–H and O–H groups in total. The zero-order chi connectivity index (χ0) is 20.1. The summed E-state index contributed by atoms with van der Waals surface area (Å²) >= 11 is 0. The van der Waals surface area contributed by atoms with Gasteiger partial charge in [0.05, 0.1) is 18.1 Å². The summed E-state index contributed by atoms with van der Waals surface area (Å²) in [4.78, 5) is 39.1. The molecule has 2 aliphatic heterocycles. The van der Waals surface area contributed by atoms with Crippen molar-refractivity contribution < 1.29 is 19.5 Å². The number of hydrogen-bond donors (Lipinski definition) is 1. The molecule has 1 aromatic rings. The number of piperidine rings is 2. The fourth-order valence-electron chi connectivity index (χ4n) is 4.16. The summed E-state index contributed by atoms with van der Waals surface area (Å²) in [5.41, 5.74) is 1.32. The van der Waals surface area contributed by atoms with Gasteiger partial charge in [-0.15, -0.1) is 0 Å². The Kier molecular flexibility index (Phi) is 5.98. The normalized spacial score (nSPS) is 18.5. The summed E-state index contributed by atoms with van der Waals surface area (Å²) in [6, 6.07) is 8.78. The number of nitriles is 1. The minimum Gasteiger partial charge on any atom is -0.481 e. The van der Waals surface area contributed by atoms with E-state index in [-0.39, 0.29) is 30.1 Å². The van der Waals surface area contributed by atoms with Crippen LogP contribution in [0.4, 0.5) is 0 Å². The average Bonchev–Trinajstić information content (AvgIpc) is 2.72. The van der Waals surface area contributed by atoms with Crippen molar-refractivity contribution in [1.29, 1.82) is 5.26 Å². The summed E-state index contributed by atoms with van der Waals surface area (Å²) < 4.78 is 0. The van der Waals surface area contributed by atoms with Gasteiger partial charge in [-0.3, -0.25) is 14.4 Å². The van der Waals surface area contributed by atoms with E-state index in [1.807, 2.05) is 4.90 Å². The zero-order valence-corrected chi connectivity index (χ0v) is 15.9. The molecule has 148 valence electrons. The maximum absolute atomic E-state index is 12.7. The molecule has 2 aliphatic rings. The first-order valence-electron chi connectivity index (χ1n) is 9.71. The van der Waals surface area contributed by atoms with Crippen molar-refractivity contribution in [1.82, 2.24) is 9.80 Å². The molecule has 2 saturated heterocycles. The molecule has 0 saturated carbocycles. The van der Waals surface area contributed by atoms with Crippen molar-refractivity contribution in [2.24, 2.45) is 5.41 Å². The third-order valence-electron chi connectivity index (χ3n) is 6.10. The van der Waals surface area contributed by atoms with Crippen LogP contribution >= 0.6 is 0 Å². The molecular weight excluding hydrogens is 358 g/mol. The maximum Gasteiger partial charge on any atom is 0.303 e. The first-order chi connectivity index (χ1) is 13.4. The van der Waals surface area contributed by atoms with E-state index >= 15 is 0 Å². The highest BCUT2D eigenvalue weighted by Crippen LogP contribution is 2.41. The molecule has 2 heterocycles. The first kappa shape index (κ1) is 19.9. The number of benzene rings is 1. The van der Waals surface area contributed by atoms with Gasteiger partial charge in [-0.05, 0) is 55.4 Å². The third kappa shape index (κ3) is 4.50. The summed E-state index contributed by atoms with van der Waals surface area (Å²) in [5.74, 6) is -1.02. The van der Waals surface area contributed by atoms with Crippen LogP contribution in [0.2, 0.25) is 0 Å². The molecule has 0 unspecified atom stereocenters. The van der Waals surface area contributed by atoms with Gasteiger partial charge >= 0.3 is 5.97 Å². The number of likely N-dealkylation sites (tertiary alicyclic amines) is 2. The Balaban J connectivity index is 1.50. The van der Waals surface area contributed by atoms with Crippen LogP contribution in [-0.4, -0.2) is 58.9 Å². The summed E-state index contributed by atoms with van der Waals surface area (Å²) in [7, 11) is 0. The molecule has 2 fully saturated rings. The topological polar surface area (TPSA) is 102 Å². The van der Waals surface area contributed by atoms with Gasteiger partial charge in [0, 0.05) is 38.2 Å². The predicted octanol–water partition coefficient (Wildman–Crippen LogP) is 2.27. The second-order valence-electron chi connectivity index (χ2n) is 7.76. The Morgan fingerprint density at radius 3 is 1.96 bits per heavy atom. The second-order valence-corrected chi connectivity index (χ2v) is 7.76. The van der Waals surface area contributed by atoms with Crippen LogP contribution in [-0.2, 0) is 9.59 Å². The van der Waals surface area contributed by atoms with Crippen molar-refractivity contribution >= 4 is 17.8 Å². The molecule has 0 aliphatic carbocycles. The predicted molar refractivity (Wildman–Crippen MR) is 101 cm³/mol. The van der Waals surface area contributed by atoms with Crippen molar-refractivity contribution in [3.05, 3.63) is 35.4 Å². The molecular formula is C21H25N3O4. The third-order valence-corrected chi connectivity index (χ3v) is 6.10. The van der Waals surface area contributed by atoms with Crippen LogP contribution in [0.1, 0.15) is 54.4 Å². The molecule has 1 aromatic carbocycles. The van der Waals surface area contributed by atoms with Crippen LogP contribution in [0.25, 0.3) is 0 Å². The van der Waals surface area contributed by atoms with Crippen LogP contribution < -0.4 is 0 Å². The number of carboxylic acid groups (broad SMARTS) is 1. The van der Waals surface area contributed by atoms with Gasteiger partial charge in [0.1, 0.15) is 0 Å². The lowest BCUT2D eigenvalue weighted by Gasteiger charge is -2.47. The lowest BCUT2D eigenvalue weighted by Crippen LogP contribution is -2.49. The fraction of sp³-hybridized carbons (Fsp3) is 0.524. The number of amides is 2. The van der Waals surface area contributed by atoms with E-state index in [4.69, 9.17) is 10.4 Å². The molecule has 0 aromatic heterocycles. The van der Waals surface area contributed by atoms with Gasteiger partial charge in [0.15, 0.2) is 0 Å². The molecule has 7 nitrogen and oxygen atoms in total. The number of carbonyl (C=O) groups is 3. The maximum atomic E-state index is 12.7. The van der Waals surface area contributed by atoms with E-state index in [1.165, 1.54) is 0 Å². The second kappa shape index (κ2) is 8.42. The zero-order valence-electron chi connectivity index (χ0n) is 15.9. The van der Waals surface area contributed by atoms with Crippen molar-refractivity contribution in [2.45, 2.75) is 38.5 Å². The summed E-state index contributed by atoms with van der Waals surface area (Å²) in [5, 5.41) is 17.6. The lowest BCUT2D eigenvalue weighted by atomic mass is 9.71. The van der Waals surface area contributed by atoms with Crippen molar-refractivity contribution in [2.75, 3.05) is 26.2 Å². The minimum absolute atomic E-state index is 0.000578. The fourth-order valence-corrected chi connectivity index (χ4v) is 4.16. The Morgan fingerprint density at radius 2 is 1.46 bits per heavy atom. The van der Waals surface area contributed by atoms with Crippen LogP contribution in [0, 0.1) is 16.7 Å². The van der Waals surface area contributed by atoms with Crippen molar-refractivity contribution in [3.63, 3.8) is 0 Å². The average molecular weight is 383 g/mol. The molecule has 0 bridgehead atoms. The van der Waals surface area contributed by atoms with Crippen molar-refractivity contribution in [3.8, 4) is 6.07 Å². The van der Waals surface area contributed by atoms with Crippen LogP contribution in [0.15, 0.2) is 24.3 Å². The van der Waals surface area contributed by atoms with E-state index in [0.717, 1.165) is 25.7 Å². The smallest absolute Gasteiger partial charge is 0.303 e. The monoisotopic (exact) mass is 383 g/mol. The Hall–Kier alpha value is -2.88. The molecule has 28 heavy (non-hydrogen) atoms. The van der Waals surface area contributed by atoms with E-state index in [0.29, 0.717) is 37.3 Å². The number of hydrogen-bond acceptors (Lipinski definition) is 4. The Bertz CT molecular complexity index is 779. The molecule has 3 rings (SSSR count). The highest BCUT2D eigenvalue weighted by atomic mass is 16.4. The highest BCUT2D eigenvalue weighted by Gasteiger charge is 2.39. The molecule has 1 spiro atoms. The van der Waals surface area contributed by atoms with Gasteiger partial charge in [0.2, 0.25) is 5.91 Å². The quantitative estimate of drug-likeness (QED) is 0.859. The van der Waals surface area contributed by atoms with E-state index < -0.39 is 5.97 Å². The Labute approximate surface area is 164 Å². The van der Waals surface area contributed by atoms with E-state index in [1.54, 1.807) is 29.2 Å². The summed E-state index contributed by atoms with van der Waals surface area (Å²) in [6.07, 6.45) is 3.61. The lowest BCUT2D eigenvalue weighted by molar-refractivity contribution is -0.141.